The molecular weight excluding hydrogens is 1100 g/mol. The number of fused-ring (bicyclic) bond motifs is 2. The van der Waals surface area contributed by atoms with Gasteiger partial charge in [0, 0.05) is 30.1 Å². The highest BCUT2D eigenvalue weighted by atomic mass is 32.2. The normalized spacial score (nSPS) is 23.3. The number of thioether (sulfide) groups is 3. The standard InChI is InChI=1S/3C24H27NO2S/c2*1-2-3-4-11-16-28-24-20(18-12-7-5-8-13-18)17-21(24)22(26)25(23(24)27)19-14-9-6-10-15-19;1-2-3-4-11-16-28-23-17-22(26)21(19-12-7-5-8-13-19)18-25(24(23)27)20-14-9-6-10-15-20/h2*5-10,12-15,20-21H,2-4,11,16-17H2,1H3;5-10,12-15,17,21H,2-4,11,16,18H2,1H3/t20-,21+,24-;20-,21-,24+;/m01./s1. The molecule has 3 heterocycles. The van der Waals surface area contributed by atoms with Crippen LogP contribution in [0.1, 0.15) is 145 Å². The number of imide groups is 2. The molecule has 0 N–H and O–H groups in total. The van der Waals surface area contributed by atoms with Crippen molar-refractivity contribution in [2.45, 2.75) is 138 Å². The fourth-order valence-electron chi connectivity index (χ4n) is 12.6. The van der Waals surface area contributed by atoms with Crippen molar-refractivity contribution in [1.29, 1.82) is 0 Å². The second-order valence-corrected chi connectivity index (χ2v) is 26.5. The number of hydrogen-bond acceptors (Lipinski definition) is 9. The topological polar surface area (TPSA) is 112 Å². The van der Waals surface area contributed by atoms with Gasteiger partial charge in [0.05, 0.1) is 34.0 Å². The summed E-state index contributed by atoms with van der Waals surface area (Å²) in [5.41, 5.74) is 5.54. The summed E-state index contributed by atoms with van der Waals surface area (Å²) in [6.07, 6.45) is 17.1. The third-order valence-electron chi connectivity index (χ3n) is 17.2. The lowest BCUT2D eigenvalue weighted by Gasteiger charge is -2.48. The van der Waals surface area contributed by atoms with Crippen molar-refractivity contribution in [3.05, 3.63) is 210 Å². The predicted molar refractivity (Wildman–Crippen MR) is 349 cm³/mol. The van der Waals surface area contributed by atoms with Gasteiger partial charge >= 0.3 is 0 Å². The summed E-state index contributed by atoms with van der Waals surface area (Å²) in [4.78, 5) is 85.3. The smallest absolute Gasteiger partial charge is 0.264 e. The maximum Gasteiger partial charge on any atom is 0.264 e. The van der Waals surface area contributed by atoms with Crippen LogP contribution in [0, 0.1) is 11.8 Å². The Kier molecular flexibility index (Phi) is 22.2. The molecule has 438 valence electrons. The van der Waals surface area contributed by atoms with E-state index in [1.54, 1.807) is 34.5 Å². The van der Waals surface area contributed by atoms with Crippen LogP contribution < -0.4 is 14.7 Å². The first-order valence-corrected chi connectivity index (χ1v) is 33.6. The van der Waals surface area contributed by atoms with Crippen LogP contribution >= 0.6 is 35.3 Å². The number of carbonyl (C=O) groups is 6. The fourth-order valence-corrected chi connectivity index (χ4v) is 17.1. The molecule has 7 atom stereocenters. The highest BCUT2D eigenvalue weighted by Crippen LogP contribution is 2.65. The number of allylic oxidation sites excluding steroid dienone is 1. The third kappa shape index (κ3) is 13.5. The summed E-state index contributed by atoms with van der Waals surface area (Å²) in [5, 5.41) is 0. The number of benzene rings is 6. The van der Waals surface area contributed by atoms with Crippen LogP contribution in [0.4, 0.5) is 17.1 Å². The van der Waals surface area contributed by atoms with Crippen molar-refractivity contribution in [1.82, 2.24) is 0 Å². The lowest BCUT2D eigenvalue weighted by atomic mass is 9.62. The van der Waals surface area contributed by atoms with Crippen molar-refractivity contribution in [3.63, 3.8) is 0 Å². The van der Waals surface area contributed by atoms with Gasteiger partial charge in [0.15, 0.2) is 5.78 Å². The van der Waals surface area contributed by atoms with E-state index in [9.17, 15) is 28.8 Å². The Labute approximate surface area is 511 Å². The van der Waals surface area contributed by atoms with Crippen LogP contribution in [0.25, 0.3) is 0 Å². The lowest BCUT2D eigenvalue weighted by molar-refractivity contribution is -0.123. The first-order chi connectivity index (χ1) is 41.1. The Morgan fingerprint density at radius 2 is 0.762 bits per heavy atom. The monoisotopic (exact) mass is 1180 g/mol. The van der Waals surface area contributed by atoms with E-state index in [1.165, 1.54) is 84.1 Å². The molecule has 5 aliphatic rings. The van der Waals surface area contributed by atoms with E-state index in [0.29, 0.717) is 22.8 Å². The largest absolute Gasteiger partial charge is 0.307 e. The highest BCUT2D eigenvalue weighted by Gasteiger charge is 2.72. The number of hydrogen-bond donors (Lipinski definition) is 0. The van der Waals surface area contributed by atoms with Crippen LogP contribution in [0.2, 0.25) is 0 Å². The number of ketones is 1. The van der Waals surface area contributed by atoms with E-state index in [-0.39, 0.29) is 64.9 Å². The predicted octanol–water partition coefficient (Wildman–Crippen LogP) is 16.4. The zero-order valence-corrected chi connectivity index (χ0v) is 51.5. The molecule has 2 aliphatic carbocycles. The summed E-state index contributed by atoms with van der Waals surface area (Å²) in [5.74, 6) is 2.05. The van der Waals surface area contributed by atoms with Crippen molar-refractivity contribution < 1.29 is 28.8 Å². The van der Waals surface area contributed by atoms with E-state index in [1.807, 2.05) is 158 Å². The quantitative estimate of drug-likeness (QED) is 0.0432. The van der Waals surface area contributed by atoms with Crippen LogP contribution in [0.3, 0.4) is 0 Å². The molecule has 2 saturated heterocycles. The minimum absolute atomic E-state index is 0.00837. The Bertz CT molecular complexity index is 3030. The third-order valence-corrected chi connectivity index (χ3v) is 21.7. The Morgan fingerprint density at radius 1 is 0.405 bits per heavy atom. The number of nitrogens with zero attached hydrogens (tertiary/aromatic N) is 3. The average Bonchev–Trinajstić information content (AvgIpc) is 1.71. The second-order valence-electron chi connectivity index (χ2n) is 22.6. The minimum atomic E-state index is -0.638. The number of para-hydroxylation sites is 3. The summed E-state index contributed by atoms with van der Waals surface area (Å²) in [6, 6.07) is 58.7. The van der Waals surface area contributed by atoms with Crippen molar-refractivity contribution >= 4 is 87.7 Å². The minimum Gasteiger partial charge on any atom is -0.307 e. The molecule has 6 aromatic carbocycles. The molecule has 0 bridgehead atoms. The molecule has 11 rings (SSSR count). The van der Waals surface area contributed by atoms with Gasteiger partial charge in [-0.25, -0.2) is 9.80 Å². The molecule has 6 aromatic rings. The number of carbonyl (C=O) groups excluding carboxylic acids is 6. The Morgan fingerprint density at radius 3 is 1.15 bits per heavy atom. The number of unbranched alkanes of at least 4 members (excludes halogenated alkanes) is 9. The van der Waals surface area contributed by atoms with Crippen molar-refractivity contribution in [2.24, 2.45) is 11.8 Å². The van der Waals surface area contributed by atoms with E-state index in [0.717, 1.165) is 67.0 Å². The molecule has 0 radical (unpaired) electrons. The van der Waals surface area contributed by atoms with E-state index < -0.39 is 9.49 Å². The fraction of sp³-hybridized carbons (Fsp3) is 0.389. The van der Waals surface area contributed by atoms with Gasteiger partial charge in [-0.15, -0.1) is 35.3 Å². The van der Waals surface area contributed by atoms with Crippen LogP contribution in [-0.4, -0.2) is 68.6 Å². The maximum absolute atomic E-state index is 13.7. The molecule has 84 heavy (non-hydrogen) atoms. The van der Waals surface area contributed by atoms with Gasteiger partial charge in [0.25, 0.3) is 17.7 Å². The zero-order valence-electron chi connectivity index (χ0n) is 49.0. The Hall–Kier alpha value is -6.47. The van der Waals surface area contributed by atoms with Gasteiger partial charge in [-0.2, -0.15) is 0 Å². The first-order valence-electron chi connectivity index (χ1n) is 30.6. The van der Waals surface area contributed by atoms with Gasteiger partial charge in [-0.05, 0) is 102 Å². The molecular formula is C72H81N3O6S3. The lowest BCUT2D eigenvalue weighted by Crippen LogP contribution is -2.54. The number of rotatable bonds is 24. The van der Waals surface area contributed by atoms with Gasteiger partial charge in [0.1, 0.15) is 9.49 Å². The van der Waals surface area contributed by atoms with Gasteiger partial charge < -0.3 is 4.90 Å². The summed E-state index contributed by atoms with van der Waals surface area (Å²) < 4.78 is -1.28. The Balaban J connectivity index is 0.000000151. The second kappa shape index (κ2) is 30.1. The molecule has 12 heteroatoms. The molecule has 2 saturated carbocycles. The van der Waals surface area contributed by atoms with Gasteiger partial charge in [0.2, 0.25) is 11.8 Å². The van der Waals surface area contributed by atoms with E-state index in [4.69, 9.17) is 0 Å². The summed E-state index contributed by atoms with van der Waals surface area (Å²) in [6.45, 7) is 6.96. The first kappa shape index (κ1) is 62.1. The van der Waals surface area contributed by atoms with Crippen molar-refractivity contribution in [3.8, 4) is 0 Å². The van der Waals surface area contributed by atoms with Crippen LogP contribution in [0.5, 0.6) is 0 Å². The summed E-state index contributed by atoms with van der Waals surface area (Å²) >= 11 is 4.98. The molecule has 3 aliphatic heterocycles. The molecule has 0 aromatic heterocycles. The van der Waals surface area contributed by atoms with Crippen LogP contribution in [-0.2, 0) is 28.8 Å². The average molecular weight is 1180 g/mol. The zero-order chi connectivity index (χ0) is 58.9. The van der Waals surface area contributed by atoms with Crippen LogP contribution in [0.15, 0.2) is 193 Å². The summed E-state index contributed by atoms with van der Waals surface area (Å²) in [7, 11) is 0. The molecule has 0 spiro atoms. The molecule has 5 amide bonds. The van der Waals surface area contributed by atoms with E-state index in [2.05, 4.69) is 45.0 Å². The van der Waals surface area contributed by atoms with Gasteiger partial charge in [-0.1, -0.05) is 224 Å². The SMILES string of the molecule is CCCCCCSC1=CC(=O)C(c2ccccc2)CN(c2ccccc2)C1=O.CCCCCCS[C@]12C(=O)N(c3ccccc3)C(=O)[C@H]1C[C@@H]2c1ccccc1.CCCCCCS[C@]12C(=O)N(c3ccccc3)C(=O)[C@H]1C[C@H]2c1ccccc1. The maximum atomic E-state index is 13.7. The molecule has 1 unspecified atom stereocenters. The highest BCUT2D eigenvalue weighted by molar-refractivity contribution is 8.04. The number of amides is 5. The molecule has 9 nitrogen and oxygen atoms in total. The van der Waals surface area contributed by atoms with Gasteiger partial charge in [-0.3, -0.25) is 28.8 Å². The molecule has 4 fully saturated rings. The van der Waals surface area contributed by atoms with E-state index >= 15 is 0 Å². The number of anilines is 3. The van der Waals surface area contributed by atoms with Crippen molar-refractivity contribution in [2.75, 3.05) is 38.5 Å².